The molecule has 1 unspecified atom stereocenters. The van der Waals surface area contributed by atoms with Gasteiger partial charge in [-0.2, -0.15) is 4.37 Å². The first-order chi connectivity index (χ1) is 16.6. The number of aromatic nitrogens is 1. The molecule has 8 nitrogen and oxygen atoms in total. The number of anilines is 2. The molecule has 2 aromatic carbocycles. The zero-order chi connectivity index (χ0) is 25.7. The molecule has 9 heteroatoms. The normalized spacial score (nSPS) is 11.8. The first-order valence-electron chi connectivity index (χ1n) is 11.4. The van der Waals surface area contributed by atoms with E-state index in [1.54, 1.807) is 6.07 Å². The Morgan fingerprint density at radius 2 is 1.74 bits per heavy atom. The van der Waals surface area contributed by atoms with Crippen LogP contribution in [0.1, 0.15) is 63.2 Å². The lowest BCUT2D eigenvalue weighted by atomic mass is 10.0. The number of nitrogen functional groups attached to an aromatic ring is 1. The van der Waals surface area contributed by atoms with E-state index in [4.69, 9.17) is 11.5 Å². The summed E-state index contributed by atoms with van der Waals surface area (Å²) in [5.74, 6) is -1.27. The highest BCUT2D eigenvalue weighted by molar-refractivity contribution is 7.09. The molecule has 0 spiro atoms. The van der Waals surface area contributed by atoms with Crippen LogP contribution in [0.4, 0.5) is 11.4 Å². The van der Waals surface area contributed by atoms with E-state index in [0.717, 1.165) is 29.1 Å². The summed E-state index contributed by atoms with van der Waals surface area (Å²) < 4.78 is 3.98. The zero-order valence-electron chi connectivity index (χ0n) is 20.4. The number of nitrogens with one attached hydrogen (secondary N) is 1. The third kappa shape index (κ3) is 6.05. The molecule has 0 saturated carbocycles. The van der Waals surface area contributed by atoms with Crippen molar-refractivity contribution in [2.75, 3.05) is 17.2 Å². The molecule has 0 aliphatic carbocycles. The summed E-state index contributed by atoms with van der Waals surface area (Å²) in [6.45, 7) is 8.49. The van der Waals surface area contributed by atoms with Crippen molar-refractivity contribution in [3.8, 4) is 0 Å². The summed E-state index contributed by atoms with van der Waals surface area (Å²) >= 11 is 0.790. The summed E-state index contributed by atoms with van der Waals surface area (Å²) in [5.41, 5.74) is 14.3. The van der Waals surface area contributed by atoms with Crippen LogP contribution >= 0.6 is 11.5 Å². The molecule has 3 amide bonds. The molecule has 0 saturated heterocycles. The fourth-order valence-corrected chi connectivity index (χ4v) is 4.39. The summed E-state index contributed by atoms with van der Waals surface area (Å²) in [6, 6.07) is 13.8. The van der Waals surface area contributed by atoms with Crippen molar-refractivity contribution in [2.24, 2.45) is 11.7 Å². The van der Waals surface area contributed by atoms with Gasteiger partial charge in [-0.25, -0.2) is 0 Å². The van der Waals surface area contributed by atoms with Crippen LogP contribution in [0.5, 0.6) is 0 Å². The van der Waals surface area contributed by atoms with Crippen LogP contribution in [0.15, 0.2) is 48.5 Å². The minimum atomic E-state index is -0.976. The van der Waals surface area contributed by atoms with Gasteiger partial charge in [0.25, 0.3) is 11.8 Å². The summed E-state index contributed by atoms with van der Waals surface area (Å²) in [6.07, 6.45) is 0.800. The molecule has 0 radical (unpaired) electrons. The molecular formula is C26H31N5O3S. The monoisotopic (exact) mass is 493 g/mol. The lowest BCUT2D eigenvalue weighted by molar-refractivity contribution is -0.122. The molecule has 184 valence electrons. The fraction of sp³-hybridized carbons (Fsp3) is 0.308. The number of hydrogen-bond acceptors (Lipinski definition) is 6. The van der Waals surface area contributed by atoms with Crippen LogP contribution in [0.25, 0.3) is 0 Å². The van der Waals surface area contributed by atoms with Crippen molar-refractivity contribution in [2.45, 2.75) is 40.2 Å². The van der Waals surface area contributed by atoms with Gasteiger partial charge in [0.1, 0.15) is 10.9 Å². The fourth-order valence-electron chi connectivity index (χ4n) is 3.65. The molecule has 1 heterocycles. The third-order valence-electron chi connectivity index (χ3n) is 5.57. The zero-order valence-corrected chi connectivity index (χ0v) is 21.2. The Morgan fingerprint density at radius 1 is 1.06 bits per heavy atom. The Bertz CT molecular complexity index is 1220. The van der Waals surface area contributed by atoms with Crippen LogP contribution in [-0.4, -0.2) is 28.6 Å². The lowest BCUT2D eigenvalue weighted by Crippen LogP contribution is -2.44. The Morgan fingerprint density at radius 3 is 2.31 bits per heavy atom. The van der Waals surface area contributed by atoms with Gasteiger partial charge in [-0.05, 0) is 61.0 Å². The number of benzene rings is 2. The Labute approximate surface area is 209 Å². The number of rotatable bonds is 9. The Kier molecular flexibility index (Phi) is 8.24. The standard InChI is InChI=1S/C26H31N5O3S/c1-15(2)12-13-29-25(33)22(18-10-8-16(3)9-11-18)31(19-7-5-6-17(4)14-19)26(34)23-20(27)21(24(28)32)30-35-23/h5-11,14-15,22H,12-13,27H2,1-4H3,(H2,28,32)(H,29,33). The van der Waals surface area contributed by atoms with E-state index < -0.39 is 17.9 Å². The van der Waals surface area contributed by atoms with Crippen LogP contribution in [0, 0.1) is 19.8 Å². The Hall–Kier alpha value is -3.72. The largest absolute Gasteiger partial charge is 0.395 e. The third-order valence-corrected chi connectivity index (χ3v) is 6.43. The van der Waals surface area contributed by atoms with Crippen molar-refractivity contribution in [3.05, 3.63) is 75.8 Å². The second-order valence-electron chi connectivity index (χ2n) is 8.94. The van der Waals surface area contributed by atoms with Gasteiger partial charge in [-0.3, -0.25) is 19.3 Å². The maximum atomic E-state index is 14.0. The molecule has 5 N–H and O–H groups in total. The minimum Gasteiger partial charge on any atom is -0.395 e. The van der Waals surface area contributed by atoms with Crippen LogP contribution in [0.2, 0.25) is 0 Å². The van der Waals surface area contributed by atoms with Gasteiger partial charge in [0.15, 0.2) is 5.69 Å². The average Bonchev–Trinajstić information content (AvgIpc) is 3.19. The summed E-state index contributed by atoms with van der Waals surface area (Å²) in [4.78, 5) is 40.8. The SMILES string of the molecule is Cc1ccc(C(C(=O)NCCC(C)C)N(C(=O)c2snc(C(N)=O)c2N)c2cccc(C)c2)cc1. The van der Waals surface area contributed by atoms with Gasteiger partial charge in [0.2, 0.25) is 5.91 Å². The number of aryl methyl sites for hydroxylation is 2. The summed E-state index contributed by atoms with van der Waals surface area (Å²) in [7, 11) is 0. The number of primary amides is 1. The van der Waals surface area contributed by atoms with Crippen molar-refractivity contribution < 1.29 is 14.4 Å². The second-order valence-corrected chi connectivity index (χ2v) is 9.71. The van der Waals surface area contributed by atoms with Crippen LogP contribution in [0.3, 0.4) is 0 Å². The van der Waals surface area contributed by atoms with Gasteiger partial charge in [-0.1, -0.05) is 55.8 Å². The molecule has 0 aliphatic rings. The van der Waals surface area contributed by atoms with Crippen LogP contribution in [-0.2, 0) is 4.79 Å². The van der Waals surface area contributed by atoms with Crippen molar-refractivity contribution in [3.63, 3.8) is 0 Å². The number of carbonyl (C=O) groups excluding carboxylic acids is 3. The minimum absolute atomic E-state index is 0.0485. The molecule has 3 rings (SSSR count). The second kappa shape index (κ2) is 11.1. The molecule has 0 fully saturated rings. The highest BCUT2D eigenvalue weighted by atomic mass is 32.1. The van der Waals surface area contributed by atoms with Crippen molar-refractivity contribution in [1.29, 1.82) is 0 Å². The average molecular weight is 494 g/mol. The summed E-state index contributed by atoms with van der Waals surface area (Å²) in [5, 5.41) is 2.99. The topological polar surface area (TPSA) is 131 Å². The van der Waals surface area contributed by atoms with Crippen LogP contribution < -0.4 is 21.7 Å². The van der Waals surface area contributed by atoms with Crippen molar-refractivity contribution in [1.82, 2.24) is 9.69 Å². The van der Waals surface area contributed by atoms with E-state index in [2.05, 4.69) is 23.5 Å². The molecule has 3 aromatic rings. The molecule has 1 aromatic heterocycles. The highest BCUT2D eigenvalue weighted by Crippen LogP contribution is 2.33. The van der Waals surface area contributed by atoms with E-state index in [1.807, 2.05) is 56.3 Å². The molecule has 35 heavy (non-hydrogen) atoms. The maximum absolute atomic E-state index is 14.0. The van der Waals surface area contributed by atoms with Gasteiger partial charge in [0.05, 0.1) is 5.69 Å². The number of nitrogens with zero attached hydrogens (tertiary/aromatic N) is 2. The number of hydrogen-bond donors (Lipinski definition) is 3. The van der Waals surface area contributed by atoms with Gasteiger partial charge >= 0.3 is 0 Å². The van der Waals surface area contributed by atoms with E-state index >= 15 is 0 Å². The highest BCUT2D eigenvalue weighted by Gasteiger charge is 2.36. The molecule has 0 bridgehead atoms. The Balaban J connectivity index is 2.16. The number of carbonyl (C=O) groups is 3. The van der Waals surface area contributed by atoms with Gasteiger partial charge < -0.3 is 16.8 Å². The number of amides is 3. The van der Waals surface area contributed by atoms with E-state index in [1.165, 1.54) is 4.90 Å². The molecular weight excluding hydrogens is 462 g/mol. The predicted molar refractivity (Wildman–Crippen MR) is 139 cm³/mol. The first kappa shape index (κ1) is 25.9. The predicted octanol–water partition coefficient (Wildman–Crippen LogP) is 3.99. The lowest BCUT2D eigenvalue weighted by Gasteiger charge is -2.31. The first-order valence-corrected chi connectivity index (χ1v) is 12.2. The van der Waals surface area contributed by atoms with Crippen molar-refractivity contribution >= 4 is 40.6 Å². The van der Waals surface area contributed by atoms with Gasteiger partial charge in [-0.15, -0.1) is 0 Å². The van der Waals surface area contributed by atoms with Gasteiger partial charge in [0, 0.05) is 12.2 Å². The molecule has 1 atom stereocenters. The maximum Gasteiger partial charge on any atom is 0.273 e. The van der Waals surface area contributed by atoms with E-state index in [9.17, 15) is 14.4 Å². The van der Waals surface area contributed by atoms with E-state index in [-0.39, 0.29) is 22.2 Å². The molecule has 0 aliphatic heterocycles. The quantitative estimate of drug-likeness (QED) is 0.415. The smallest absolute Gasteiger partial charge is 0.273 e. The number of nitrogens with two attached hydrogens (primary N) is 2. The van der Waals surface area contributed by atoms with E-state index in [0.29, 0.717) is 23.7 Å².